The fraction of sp³-hybridized carbons (Fsp3) is 0.0714. The Morgan fingerprint density at radius 2 is 1.83 bits per heavy atom. The van der Waals surface area contributed by atoms with Crippen LogP contribution in [0.15, 0.2) is 100 Å². The van der Waals surface area contributed by atoms with Gasteiger partial charge >= 0.3 is 5.97 Å². The summed E-state index contributed by atoms with van der Waals surface area (Å²) in [4.78, 5) is 33.6. The van der Waals surface area contributed by atoms with Crippen molar-refractivity contribution in [2.75, 3.05) is 11.9 Å². The van der Waals surface area contributed by atoms with Crippen molar-refractivity contribution in [3.63, 3.8) is 0 Å². The number of hydrogen-bond donors (Lipinski definition) is 2. The maximum atomic E-state index is 12.8. The lowest BCUT2D eigenvalue weighted by Crippen LogP contribution is -2.25. The predicted molar refractivity (Wildman–Crippen MR) is 132 cm³/mol. The number of rotatable bonds is 4. The number of esters is 1. The highest BCUT2D eigenvalue weighted by molar-refractivity contribution is 6.07. The maximum Gasteiger partial charge on any atom is 0.336 e. The molecule has 1 unspecified atom stereocenters. The van der Waals surface area contributed by atoms with Crippen molar-refractivity contribution >= 4 is 34.4 Å². The van der Waals surface area contributed by atoms with Crippen molar-refractivity contribution in [2.45, 2.75) is 5.92 Å². The van der Waals surface area contributed by atoms with Gasteiger partial charge in [-0.1, -0.05) is 48.5 Å². The second-order valence-electron chi connectivity index (χ2n) is 8.30. The molecule has 8 heteroatoms. The maximum absolute atomic E-state index is 12.8. The average molecular weight is 474 g/mol. The van der Waals surface area contributed by atoms with E-state index in [0.29, 0.717) is 50.8 Å². The van der Waals surface area contributed by atoms with Crippen LogP contribution in [0.3, 0.4) is 0 Å². The van der Waals surface area contributed by atoms with Crippen LogP contribution in [-0.2, 0) is 9.53 Å². The quantitative estimate of drug-likeness (QED) is 0.324. The summed E-state index contributed by atoms with van der Waals surface area (Å²) in [5.74, 6) is -0.857. The number of anilines is 1. The highest BCUT2D eigenvalue weighted by Crippen LogP contribution is 2.45. The Balaban J connectivity index is 1.47. The van der Waals surface area contributed by atoms with Crippen LogP contribution in [0.4, 0.5) is 5.82 Å². The first-order valence-electron chi connectivity index (χ1n) is 11.2. The third kappa shape index (κ3) is 3.51. The largest absolute Gasteiger partial charge is 0.461 e. The third-order valence-electron chi connectivity index (χ3n) is 6.19. The highest BCUT2D eigenvalue weighted by atomic mass is 16.5. The lowest BCUT2D eigenvalue weighted by atomic mass is 9.87. The molecule has 0 spiro atoms. The van der Waals surface area contributed by atoms with Crippen LogP contribution >= 0.6 is 0 Å². The van der Waals surface area contributed by atoms with Crippen molar-refractivity contribution in [3.05, 3.63) is 124 Å². The molecule has 0 aliphatic carbocycles. The minimum atomic E-state index is -0.769. The van der Waals surface area contributed by atoms with Crippen LogP contribution in [0, 0.1) is 6.57 Å². The number of nitrogens with zero attached hydrogens (tertiary/aromatic N) is 2. The summed E-state index contributed by atoms with van der Waals surface area (Å²) in [6, 6.07) is 21.7. The topological polar surface area (TPSA) is 97.8 Å². The van der Waals surface area contributed by atoms with E-state index in [-0.39, 0.29) is 12.5 Å². The zero-order valence-electron chi connectivity index (χ0n) is 18.8. The first kappa shape index (κ1) is 21.4. The summed E-state index contributed by atoms with van der Waals surface area (Å²) in [5, 5.41) is 6.64. The summed E-state index contributed by atoms with van der Waals surface area (Å²) in [5.41, 5.74) is 3.65. The van der Waals surface area contributed by atoms with Gasteiger partial charge in [-0.05, 0) is 29.8 Å². The predicted octanol–water partition coefficient (Wildman–Crippen LogP) is 4.87. The Bertz CT molecular complexity index is 1630. The Morgan fingerprint density at radius 1 is 1.08 bits per heavy atom. The number of fused-ring (bicyclic) bond motifs is 1. The van der Waals surface area contributed by atoms with E-state index in [0.717, 1.165) is 5.56 Å². The first-order chi connectivity index (χ1) is 17.6. The molecule has 0 saturated heterocycles. The summed E-state index contributed by atoms with van der Waals surface area (Å²) in [6.45, 7) is 8.07. The lowest BCUT2D eigenvalue weighted by molar-refractivity contribution is -0.136. The average Bonchev–Trinajstić information content (AvgIpc) is 3.52. The second kappa shape index (κ2) is 8.56. The van der Waals surface area contributed by atoms with E-state index < -0.39 is 11.9 Å². The molecule has 174 valence electrons. The summed E-state index contributed by atoms with van der Waals surface area (Å²) in [6.07, 6.45) is 1.54. The van der Waals surface area contributed by atoms with Gasteiger partial charge in [-0.2, -0.15) is 0 Å². The number of amides is 1. The number of cyclic esters (lactones) is 1. The van der Waals surface area contributed by atoms with E-state index in [1.54, 1.807) is 36.4 Å². The molecule has 36 heavy (non-hydrogen) atoms. The number of ether oxygens (including phenoxy) is 1. The molecule has 4 aromatic rings. The van der Waals surface area contributed by atoms with Gasteiger partial charge in [0, 0.05) is 17.5 Å². The fourth-order valence-corrected chi connectivity index (χ4v) is 4.52. The van der Waals surface area contributed by atoms with Gasteiger partial charge in [-0.15, -0.1) is 0 Å². The van der Waals surface area contributed by atoms with Crippen molar-refractivity contribution in [1.29, 1.82) is 0 Å². The molecule has 2 aromatic heterocycles. The van der Waals surface area contributed by atoms with Gasteiger partial charge in [0.05, 0.1) is 29.1 Å². The molecule has 1 atom stereocenters. The molecule has 4 heterocycles. The van der Waals surface area contributed by atoms with Gasteiger partial charge in [0.15, 0.2) is 0 Å². The van der Waals surface area contributed by atoms with Crippen molar-refractivity contribution in [1.82, 2.24) is 10.3 Å². The minimum Gasteiger partial charge on any atom is -0.461 e. The SMILES string of the molecule is [C-]#[N+]C1=C(c2ccccc2)NC2=C(C(=O)OC2)C1c1cc2c(NC(=O)c3ccccc3)nccc2o1. The summed E-state index contributed by atoms with van der Waals surface area (Å²) >= 11 is 0. The number of nitrogens with one attached hydrogen (secondary N) is 2. The van der Waals surface area contributed by atoms with Crippen LogP contribution in [0.5, 0.6) is 0 Å². The van der Waals surface area contributed by atoms with Crippen LogP contribution in [0.25, 0.3) is 21.5 Å². The summed E-state index contributed by atoms with van der Waals surface area (Å²) < 4.78 is 11.5. The minimum absolute atomic E-state index is 0.0897. The van der Waals surface area contributed by atoms with Crippen LogP contribution in [0.2, 0.25) is 0 Å². The number of aromatic nitrogens is 1. The number of hydrogen-bond acceptors (Lipinski definition) is 6. The molecule has 2 aliphatic heterocycles. The lowest BCUT2D eigenvalue weighted by Gasteiger charge is -2.25. The number of carbonyl (C=O) groups excluding carboxylic acids is 2. The van der Waals surface area contributed by atoms with Crippen LogP contribution in [0.1, 0.15) is 27.6 Å². The molecular formula is C28H18N4O4. The van der Waals surface area contributed by atoms with E-state index in [9.17, 15) is 9.59 Å². The highest BCUT2D eigenvalue weighted by Gasteiger charge is 2.42. The fourth-order valence-electron chi connectivity index (χ4n) is 4.52. The van der Waals surface area contributed by atoms with Crippen molar-refractivity contribution in [3.8, 4) is 0 Å². The van der Waals surface area contributed by atoms with Gasteiger partial charge in [-0.3, -0.25) is 4.79 Å². The molecule has 6 rings (SSSR count). The molecule has 2 N–H and O–H groups in total. The van der Waals surface area contributed by atoms with Crippen molar-refractivity contribution < 1.29 is 18.7 Å². The molecule has 2 aliphatic rings. The number of dihydropyridines is 1. The molecule has 2 aromatic carbocycles. The Labute approximate surface area is 205 Å². The number of carbonyl (C=O) groups is 2. The van der Waals surface area contributed by atoms with E-state index in [2.05, 4.69) is 20.5 Å². The zero-order valence-corrected chi connectivity index (χ0v) is 18.8. The molecule has 1 amide bonds. The number of allylic oxidation sites excluding steroid dienone is 1. The van der Waals surface area contributed by atoms with Gasteiger partial charge in [0.2, 0.25) is 5.70 Å². The van der Waals surface area contributed by atoms with E-state index >= 15 is 0 Å². The monoisotopic (exact) mass is 474 g/mol. The third-order valence-corrected chi connectivity index (χ3v) is 6.19. The van der Waals surface area contributed by atoms with Gasteiger partial charge in [0.1, 0.15) is 23.8 Å². The molecule has 0 fully saturated rings. The number of pyridine rings is 1. The second-order valence-corrected chi connectivity index (χ2v) is 8.30. The van der Waals surface area contributed by atoms with Crippen molar-refractivity contribution in [2.24, 2.45) is 0 Å². The molecule has 0 radical (unpaired) electrons. The first-order valence-corrected chi connectivity index (χ1v) is 11.2. The number of furan rings is 1. The molecule has 0 saturated carbocycles. The smallest absolute Gasteiger partial charge is 0.336 e. The van der Waals surface area contributed by atoms with Gasteiger partial charge < -0.3 is 19.8 Å². The number of benzene rings is 2. The zero-order chi connectivity index (χ0) is 24.6. The standard InChI is InChI=1S/C28H18N4O4/c1-29-25-23(22-19(15-35-28(22)34)31-24(25)16-8-4-2-5-9-16)21-14-18-20(36-21)12-13-30-26(18)32-27(33)17-10-6-3-7-11-17/h2-14,23,31H,15H2,(H,30,32,33). The van der Waals surface area contributed by atoms with Crippen LogP contribution in [-0.4, -0.2) is 23.5 Å². The van der Waals surface area contributed by atoms with Gasteiger partial charge in [-0.25, -0.2) is 14.6 Å². The Kier molecular flexibility index (Phi) is 5.08. The normalized spacial score (nSPS) is 16.9. The van der Waals surface area contributed by atoms with E-state index in [1.807, 2.05) is 36.4 Å². The summed E-state index contributed by atoms with van der Waals surface area (Å²) in [7, 11) is 0. The Morgan fingerprint density at radius 3 is 2.58 bits per heavy atom. The van der Waals surface area contributed by atoms with Gasteiger partial charge in [0.25, 0.3) is 5.91 Å². The van der Waals surface area contributed by atoms with Crippen LogP contribution < -0.4 is 10.6 Å². The Hall–Kier alpha value is -5.16. The molecule has 0 bridgehead atoms. The van der Waals surface area contributed by atoms with E-state index in [4.69, 9.17) is 15.7 Å². The molecule has 8 nitrogen and oxygen atoms in total. The van der Waals surface area contributed by atoms with E-state index in [1.165, 1.54) is 6.20 Å². The molecular weight excluding hydrogens is 456 g/mol.